The first-order valence-electron chi connectivity index (χ1n) is 4.53. The van der Waals surface area contributed by atoms with E-state index in [1.807, 2.05) is 6.08 Å². The van der Waals surface area contributed by atoms with E-state index in [0.29, 0.717) is 18.3 Å². The second-order valence-electron chi connectivity index (χ2n) is 4.24. The lowest BCUT2D eigenvalue weighted by Gasteiger charge is -2.34. The van der Waals surface area contributed by atoms with Crippen LogP contribution in [0, 0.1) is 11.8 Å². The normalized spacial score (nSPS) is 42.2. The summed E-state index contributed by atoms with van der Waals surface area (Å²) in [5, 5.41) is 19.2. The molecule has 70 valence electrons. The first-order valence-corrected chi connectivity index (χ1v) is 4.53. The molecule has 0 bridgehead atoms. The zero-order valence-electron chi connectivity index (χ0n) is 7.99. The van der Waals surface area contributed by atoms with Crippen LogP contribution in [0.3, 0.4) is 0 Å². The highest BCUT2D eigenvalue weighted by Crippen LogP contribution is 2.29. The second-order valence-corrected chi connectivity index (χ2v) is 4.24. The molecule has 1 aliphatic rings. The van der Waals surface area contributed by atoms with Gasteiger partial charge in [0.1, 0.15) is 5.60 Å². The molecule has 0 aromatic heterocycles. The number of hydrogen-bond acceptors (Lipinski definition) is 2. The Bertz CT molecular complexity index is 182. The van der Waals surface area contributed by atoms with Gasteiger partial charge in [0.2, 0.25) is 0 Å². The van der Waals surface area contributed by atoms with Crippen LogP contribution in [0.2, 0.25) is 0 Å². The molecule has 0 fully saturated rings. The lowest BCUT2D eigenvalue weighted by atomic mass is 9.79. The fourth-order valence-electron chi connectivity index (χ4n) is 1.50. The Hall–Kier alpha value is -0.340. The summed E-state index contributed by atoms with van der Waals surface area (Å²) in [7, 11) is 0. The van der Waals surface area contributed by atoms with Gasteiger partial charge >= 0.3 is 0 Å². The van der Waals surface area contributed by atoms with Crippen molar-refractivity contribution >= 4 is 0 Å². The number of hydrogen-bond donors (Lipinski definition) is 2. The van der Waals surface area contributed by atoms with Gasteiger partial charge in [-0.2, -0.15) is 0 Å². The van der Waals surface area contributed by atoms with Crippen LogP contribution < -0.4 is 0 Å². The van der Waals surface area contributed by atoms with E-state index in [4.69, 9.17) is 0 Å². The number of rotatable bonds is 1. The molecule has 0 aromatic carbocycles. The van der Waals surface area contributed by atoms with Gasteiger partial charge in [0.05, 0.1) is 6.10 Å². The van der Waals surface area contributed by atoms with Gasteiger partial charge in [0.25, 0.3) is 0 Å². The van der Waals surface area contributed by atoms with Gasteiger partial charge in [-0.1, -0.05) is 26.0 Å². The molecule has 1 aliphatic carbocycles. The smallest absolute Gasteiger partial charge is 0.106 e. The summed E-state index contributed by atoms with van der Waals surface area (Å²) >= 11 is 0. The highest BCUT2D eigenvalue weighted by molar-refractivity contribution is 5.10. The quantitative estimate of drug-likeness (QED) is 0.583. The van der Waals surface area contributed by atoms with Crippen LogP contribution in [0.25, 0.3) is 0 Å². The summed E-state index contributed by atoms with van der Waals surface area (Å²) < 4.78 is 0. The van der Waals surface area contributed by atoms with E-state index >= 15 is 0 Å². The predicted octanol–water partition coefficient (Wildman–Crippen LogP) is 1.33. The molecule has 0 unspecified atom stereocenters. The predicted molar refractivity (Wildman–Crippen MR) is 48.7 cm³/mol. The van der Waals surface area contributed by atoms with E-state index in [1.54, 1.807) is 13.0 Å². The molecule has 0 saturated heterocycles. The van der Waals surface area contributed by atoms with Crippen molar-refractivity contribution in [1.29, 1.82) is 0 Å². The van der Waals surface area contributed by atoms with Gasteiger partial charge in [-0.25, -0.2) is 0 Å². The minimum Gasteiger partial charge on any atom is -0.390 e. The minimum absolute atomic E-state index is 0.403. The van der Waals surface area contributed by atoms with Crippen LogP contribution in [0.4, 0.5) is 0 Å². The lowest BCUT2D eigenvalue weighted by molar-refractivity contribution is -0.0447. The Kier molecular flexibility index (Phi) is 2.59. The highest BCUT2D eigenvalue weighted by atomic mass is 16.3. The van der Waals surface area contributed by atoms with Gasteiger partial charge in [-0.05, 0) is 25.2 Å². The average molecular weight is 170 g/mol. The molecule has 2 N–H and O–H groups in total. The van der Waals surface area contributed by atoms with Crippen LogP contribution >= 0.6 is 0 Å². The largest absolute Gasteiger partial charge is 0.390 e. The summed E-state index contributed by atoms with van der Waals surface area (Å²) in [6.07, 6.45) is 3.78. The van der Waals surface area contributed by atoms with Gasteiger partial charge in [-0.15, -0.1) is 0 Å². The first kappa shape index (κ1) is 9.75. The van der Waals surface area contributed by atoms with E-state index in [0.717, 1.165) is 0 Å². The third kappa shape index (κ3) is 1.87. The van der Waals surface area contributed by atoms with Crippen LogP contribution in [0.15, 0.2) is 12.2 Å². The maximum atomic E-state index is 9.61. The Labute approximate surface area is 73.9 Å². The zero-order valence-corrected chi connectivity index (χ0v) is 7.99. The van der Waals surface area contributed by atoms with Crippen molar-refractivity contribution in [3.05, 3.63) is 12.2 Å². The molecule has 0 radical (unpaired) electrons. The van der Waals surface area contributed by atoms with E-state index in [1.165, 1.54) is 0 Å². The molecule has 2 nitrogen and oxygen atoms in total. The van der Waals surface area contributed by atoms with Crippen molar-refractivity contribution < 1.29 is 10.2 Å². The fraction of sp³-hybridized carbons (Fsp3) is 0.800. The van der Waals surface area contributed by atoms with Crippen LogP contribution in [0.1, 0.15) is 27.2 Å². The fourth-order valence-corrected chi connectivity index (χ4v) is 1.50. The van der Waals surface area contributed by atoms with Gasteiger partial charge < -0.3 is 10.2 Å². The van der Waals surface area contributed by atoms with Crippen molar-refractivity contribution in [3.8, 4) is 0 Å². The van der Waals surface area contributed by atoms with Gasteiger partial charge in [0, 0.05) is 0 Å². The summed E-state index contributed by atoms with van der Waals surface area (Å²) in [6, 6.07) is 0. The van der Waals surface area contributed by atoms with E-state index < -0.39 is 11.7 Å². The molecule has 0 amide bonds. The summed E-state index contributed by atoms with van der Waals surface area (Å²) in [5.41, 5.74) is -1.02. The second kappa shape index (κ2) is 3.19. The molecule has 0 heterocycles. The van der Waals surface area contributed by atoms with Gasteiger partial charge in [0.15, 0.2) is 0 Å². The maximum Gasteiger partial charge on any atom is 0.106 e. The highest BCUT2D eigenvalue weighted by Gasteiger charge is 2.33. The third-order valence-corrected chi connectivity index (χ3v) is 2.71. The summed E-state index contributed by atoms with van der Waals surface area (Å²) in [5.74, 6) is 0.937. The van der Waals surface area contributed by atoms with Crippen LogP contribution in [-0.4, -0.2) is 21.9 Å². The maximum absolute atomic E-state index is 9.61. The van der Waals surface area contributed by atoms with Crippen molar-refractivity contribution in [3.63, 3.8) is 0 Å². The molecule has 0 saturated carbocycles. The average Bonchev–Trinajstić information content (AvgIpc) is 1.94. The molecular weight excluding hydrogens is 152 g/mol. The molecule has 12 heavy (non-hydrogen) atoms. The lowest BCUT2D eigenvalue weighted by Crippen LogP contribution is -2.41. The zero-order chi connectivity index (χ0) is 9.35. The van der Waals surface area contributed by atoms with E-state index in [-0.39, 0.29) is 0 Å². The topological polar surface area (TPSA) is 40.5 Å². The molecule has 1 rings (SSSR count). The van der Waals surface area contributed by atoms with Crippen LogP contribution in [0.5, 0.6) is 0 Å². The minimum atomic E-state index is -1.02. The Balaban J connectivity index is 2.70. The molecule has 0 aromatic rings. The first-order chi connectivity index (χ1) is 5.43. The van der Waals surface area contributed by atoms with E-state index in [9.17, 15) is 10.2 Å². The molecular formula is C10H18O2. The molecule has 0 aliphatic heterocycles. The van der Waals surface area contributed by atoms with Crippen molar-refractivity contribution in [2.24, 2.45) is 11.8 Å². The monoisotopic (exact) mass is 170 g/mol. The Morgan fingerprint density at radius 1 is 1.50 bits per heavy atom. The van der Waals surface area contributed by atoms with Crippen molar-refractivity contribution in [2.75, 3.05) is 0 Å². The van der Waals surface area contributed by atoms with Crippen molar-refractivity contribution in [1.82, 2.24) is 0 Å². The number of aliphatic hydroxyl groups is 2. The standard InChI is InChI=1S/C10H18O2/c1-7(2)8-4-5-10(3,12)9(11)6-8/h4-5,7-9,11-12H,6H2,1-3H3/t8-,9-,10+/m1/s1. The van der Waals surface area contributed by atoms with Gasteiger partial charge in [-0.3, -0.25) is 0 Å². The Morgan fingerprint density at radius 2 is 2.08 bits per heavy atom. The van der Waals surface area contributed by atoms with E-state index in [2.05, 4.69) is 13.8 Å². The van der Waals surface area contributed by atoms with Crippen molar-refractivity contribution in [2.45, 2.75) is 38.9 Å². The molecule has 2 heteroatoms. The summed E-state index contributed by atoms with van der Waals surface area (Å²) in [6.45, 7) is 5.90. The molecule has 0 spiro atoms. The SMILES string of the molecule is CC(C)[C@@H]1C=C[C@](C)(O)[C@H](O)C1. The van der Waals surface area contributed by atoms with Crippen LogP contribution in [-0.2, 0) is 0 Å². The molecule has 3 atom stereocenters. The Morgan fingerprint density at radius 3 is 2.50 bits per heavy atom. The number of allylic oxidation sites excluding steroid dienone is 1. The number of aliphatic hydroxyl groups excluding tert-OH is 1. The summed E-state index contributed by atoms with van der Waals surface area (Å²) in [4.78, 5) is 0. The third-order valence-electron chi connectivity index (χ3n) is 2.71.